The Labute approximate surface area is 145 Å². The van der Waals surface area contributed by atoms with E-state index in [0.29, 0.717) is 17.7 Å². The Bertz CT molecular complexity index is 879. The molecule has 0 radical (unpaired) electrons. The van der Waals surface area contributed by atoms with Crippen LogP contribution in [0.3, 0.4) is 0 Å². The summed E-state index contributed by atoms with van der Waals surface area (Å²) in [5.41, 5.74) is 3.07. The third-order valence-corrected chi connectivity index (χ3v) is 3.77. The standard InChI is InChI=1S/C19H16N4O2/c1-25-19(24)17-6-2-16(3-7-17)13-23(22-11-10-21-14-22)18-8-4-15(12-20)5-9-18/h2-11,14H,13H2,1H3. The molecule has 0 atom stereocenters. The Morgan fingerprint density at radius 1 is 1.20 bits per heavy atom. The first-order chi connectivity index (χ1) is 12.2. The Morgan fingerprint density at radius 2 is 1.92 bits per heavy atom. The third-order valence-electron chi connectivity index (χ3n) is 3.77. The monoisotopic (exact) mass is 332 g/mol. The summed E-state index contributed by atoms with van der Waals surface area (Å²) in [5, 5.41) is 11.0. The molecule has 0 bridgehead atoms. The molecule has 0 aliphatic heterocycles. The minimum absolute atomic E-state index is 0.356. The molecule has 6 heteroatoms. The number of carbonyl (C=O) groups excluding carboxylic acids is 1. The van der Waals surface area contributed by atoms with Gasteiger partial charge in [0.15, 0.2) is 0 Å². The van der Waals surface area contributed by atoms with Crippen LogP contribution in [0.4, 0.5) is 5.69 Å². The number of aromatic nitrogens is 2. The first-order valence-electron chi connectivity index (χ1n) is 7.64. The molecule has 0 aliphatic carbocycles. The number of nitrogens with zero attached hydrogens (tertiary/aromatic N) is 4. The van der Waals surface area contributed by atoms with E-state index < -0.39 is 0 Å². The van der Waals surface area contributed by atoms with E-state index in [-0.39, 0.29) is 5.97 Å². The van der Waals surface area contributed by atoms with Crippen molar-refractivity contribution in [3.05, 3.63) is 83.9 Å². The van der Waals surface area contributed by atoms with Gasteiger partial charge in [0.05, 0.1) is 36.5 Å². The van der Waals surface area contributed by atoms with Gasteiger partial charge in [0.2, 0.25) is 0 Å². The van der Waals surface area contributed by atoms with Crippen molar-refractivity contribution in [2.24, 2.45) is 0 Å². The molecule has 2 aromatic carbocycles. The van der Waals surface area contributed by atoms with Gasteiger partial charge in [0.1, 0.15) is 6.33 Å². The van der Waals surface area contributed by atoms with Crippen molar-refractivity contribution >= 4 is 11.7 Å². The number of anilines is 1. The van der Waals surface area contributed by atoms with Crippen molar-refractivity contribution in [3.63, 3.8) is 0 Å². The fourth-order valence-electron chi connectivity index (χ4n) is 2.45. The molecule has 0 fully saturated rings. The molecule has 0 unspecified atom stereocenters. The molecule has 3 aromatic rings. The summed E-state index contributed by atoms with van der Waals surface area (Å²) < 4.78 is 6.59. The molecule has 0 saturated heterocycles. The first-order valence-corrected chi connectivity index (χ1v) is 7.64. The van der Waals surface area contributed by atoms with E-state index in [1.165, 1.54) is 7.11 Å². The van der Waals surface area contributed by atoms with Crippen molar-refractivity contribution in [1.82, 2.24) is 9.66 Å². The van der Waals surface area contributed by atoms with Crippen LogP contribution in [0.5, 0.6) is 0 Å². The first kappa shape index (κ1) is 16.3. The lowest BCUT2D eigenvalue weighted by Gasteiger charge is -2.25. The van der Waals surface area contributed by atoms with E-state index in [2.05, 4.69) is 11.1 Å². The fourth-order valence-corrected chi connectivity index (χ4v) is 2.45. The summed E-state index contributed by atoms with van der Waals surface area (Å²) in [6.07, 6.45) is 5.26. The van der Waals surface area contributed by atoms with Gasteiger partial charge in [-0.2, -0.15) is 5.26 Å². The number of carbonyl (C=O) groups is 1. The van der Waals surface area contributed by atoms with Gasteiger partial charge in [0, 0.05) is 12.4 Å². The minimum Gasteiger partial charge on any atom is -0.465 e. The highest BCUT2D eigenvalue weighted by Crippen LogP contribution is 2.19. The average Bonchev–Trinajstić information content (AvgIpc) is 3.20. The van der Waals surface area contributed by atoms with E-state index in [0.717, 1.165) is 11.3 Å². The molecular weight excluding hydrogens is 316 g/mol. The number of esters is 1. The van der Waals surface area contributed by atoms with E-state index in [9.17, 15) is 4.79 Å². The Morgan fingerprint density at radius 3 is 2.48 bits per heavy atom. The van der Waals surface area contributed by atoms with Crippen LogP contribution in [-0.2, 0) is 11.3 Å². The maximum absolute atomic E-state index is 11.5. The molecule has 0 amide bonds. The lowest BCUT2D eigenvalue weighted by Crippen LogP contribution is -2.27. The Balaban J connectivity index is 1.88. The molecule has 1 aromatic heterocycles. The van der Waals surface area contributed by atoms with E-state index in [1.54, 1.807) is 36.8 Å². The summed E-state index contributed by atoms with van der Waals surface area (Å²) in [4.78, 5) is 15.6. The zero-order valence-electron chi connectivity index (χ0n) is 13.7. The van der Waals surface area contributed by atoms with Crippen LogP contribution in [0.2, 0.25) is 0 Å². The SMILES string of the molecule is COC(=O)c1ccc(CN(c2ccc(C#N)cc2)n2ccnc2)cc1. The van der Waals surface area contributed by atoms with Crippen LogP contribution in [0.15, 0.2) is 67.3 Å². The normalized spacial score (nSPS) is 10.1. The average molecular weight is 332 g/mol. The highest BCUT2D eigenvalue weighted by molar-refractivity contribution is 5.89. The number of hydrogen-bond donors (Lipinski definition) is 0. The topological polar surface area (TPSA) is 71.2 Å². The summed E-state index contributed by atoms with van der Waals surface area (Å²) in [5.74, 6) is -0.356. The van der Waals surface area contributed by atoms with Crippen molar-refractivity contribution in [1.29, 1.82) is 5.26 Å². The number of nitriles is 1. The lowest BCUT2D eigenvalue weighted by molar-refractivity contribution is 0.0600. The molecular formula is C19H16N4O2. The largest absolute Gasteiger partial charge is 0.465 e. The Hall–Kier alpha value is -3.59. The number of rotatable bonds is 5. The van der Waals surface area contributed by atoms with E-state index in [1.807, 2.05) is 40.1 Å². The molecule has 124 valence electrons. The van der Waals surface area contributed by atoms with Crippen molar-refractivity contribution < 1.29 is 9.53 Å². The summed E-state index contributed by atoms with van der Waals surface area (Å²) >= 11 is 0. The van der Waals surface area contributed by atoms with E-state index in [4.69, 9.17) is 10.00 Å². The van der Waals surface area contributed by atoms with Crippen LogP contribution in [-0.4, -0.2) is 22.7 Å². The maximum atomic E-state index is 11.5. The van der Waals surface area contributed by atoms with Gasteiger partial charge in [-0.15, -0.1) is 0 Å². The number of benzene rings is 2. The maximum Gasteiger partial charge on any atom is 0.337 e. The van der Waals surface area contributed by atoms with Crippen LogP contribution in [0.1, 0.15) is 21.5 Å². The van der Waals surface area contributed by atoms with Gasteiger partial charge < -0.3 is 4.74 Å². The molecule has 0 aliphatic rings. The second kappa shape index (κ2) is 7.32. The van der Waals surface area contributed by atoms with E-state index >= 15 is 0 Å². The van der Waals surface area contributed by atoms with Gasteiger partial charge in [-0.25, -0.2) is 14.5 Å². The van der Waals surface area contributed by atoms with Crippen LogP contribution < -0.4 is 5.01 Å². The highest BCUT2D eigenvalue weighted by atomic mass is 16.5. The molecule has 3 rings (SSSR count). The number of hydrogen-bond acceptors (Lipinski definition) is 5. The van der Waals surface area contributed by atoms with Crippen LogP contribution in [0, 0.1) is 11.3 Å². The quantitative estimate of drug-likeness (QED) is 0.672. The van der Waals surface area contributed by atoms with Gasteiger partial charge >= 0.3 is 5.97 Å². The molecule has 0 spiro atoms. The predicted octanol–water partition coefficient (Wildman–Crippen LogP) is 3.01. The molecule has 6 nitrogen and oxygen atoms in total. The molecule has 1 heterocycles. The van der Waals surface area contributed by atoms with Gasteiger partial charge in [-0.1, -0.05) is 12.1 Å². The Kier molecular flexibility index (Phi) is 4.77. The van der Waals surface area contributed by atoms with Gasteiger partial charge in [-0.3, -0.25) is 5.01 Å². The van der Waals surface area contributed by atoms with Crippen LogP contribution in [0.25, 0.3) is 0 Å². The zero-order chi connectivity index (χ0) is 17.6. The smallest absolute Gasteiger partial charge is 0.337 e. The van der Waals surface area contributed by atoms with Crippen LogP contribution >= 0.6 is 0 Å². The second-order valence-electron chi connectivity index (χ2n) is 5.35. The fraction of sp³-hybridized carbons (Fsp3) is 0.105. The molecule has 0 N–H and O–H groups in total. The third kappa shape index (κ3) is 3.67. The van der Waals surface area contributed by atoms with Crippen molar-refractivity contribution in [3.8, 4) is 6.07 Å². The van der Waals surface area contributed by atoms with Gasteiger partial charge in [-0.05, 0) is 42.0 Å². The highest BCUT2D eigenvalue weighted by Gasteiger charge is 2.11. The second-order valence-corrected chi connectivity index (χ2v) is 5.35. The summed E-state index contributed by atoms with van der Waals surface area (Å²) in [7, 11) is 1.36. The van der Waals surface area contributed by atoms with Gasteiger partial charge in [0.25, 0.3) is 0 Å². The lowest BCUT2D eigenvalue weighted by atomic mass is 10.1. The number of ether oxygens (including phenoxy) is 1. The minimum atomic E-state index is -0.356. The summed E-state index contributed by atoms with van der Waals surface area (Å²) in [6.45, 7) is 0.573. The predicted molar refractivity (Wildman–Crippen MR) is 92.7 cm³/mol. The van der Waals surface area contributed by atoms with Crippen molar-refractivity contribution in [2.45, 2.75) is 6.54 Å². The molecule has 25 heavy (non-hydrogen) atoms. The number of imidazole rings is 1. The van der Waals surface area contributed by atoms with Crippen molar-refractivity contribution in [2.75, 3.05) is 12.1 Å². The zero-order valence-corrected chi connectivity index (χ0v) is 13.7. The number of methoxy groups -OCH3 is 1. The summed E-state index contributed by atoms with van der Waals surface area (Å²) in [6, 6.07) is 16.7. The molecule has 0 saturated carbocycles.